The lowest BCUT2D eigenvalue weighted by Crippen LogP contribution is -2.12. The molecule has 0 heterocycles. The average Bonchev–Trinajstić information content (AvgIpc) is 2.17. The molecule has 0 aliphatic rings. The number of hydrogen-bond donors (Lipinski definition) is 1. The van der Waals surface area contributed by atoms with Crippen LogP contribution in [0.1, 0.15) is 17.3 Å². The molecule has 0 atom stereocenters. The van der Waals surface area contributed by atoms with Crippen LogP contribution >= 0.6 is 11.8 Å². The van der Waals surface area contributed by atoms with Crippen molar-refractivity contribution >= 4 is 23.7 Å². The molecule has 0 fully saturated rings. The molecule has 5 heteroatoms. The van der Waals surface area contributed by atoms with E-state index in [1.807, 2.05) is 4.84 Å². The molecule has 0 aliphatic heterocycles. The van der Waals surface area contributed by atoms with Crippen LogP contribution in [0.2, 0.25) is 0 Å². The third kappa shape index (κ3) is 2.74. The van der Waals surface area contributed by atoms with Gasteiger partial charge >= 0.3 is 5.97 Å². The standard InChI is InChI=1S/C9H8ClNO3/c1-6(12)14-8-4-2-7(3-5-8)9(13)11-10/h2-5H,1H3,(H,11,13). The van der Waals surface area contributed by atoms with E-state index in [-0.39, 0.29) is 0 Å². The molecular formula is C9H8ClNO3. The van der Waals surface area contributed by atoms with E-state index in [1.165, 1.54) is 31.2 Å². The lowest BCUT2D eigenvalue weighted by molar-refractivity contribution is -0.131. The summed E-state index contributed by atoms with van der Waals surface area (Å²) in [6.07, 6.45) is 0. The fraction of sp³-hybridized carbons (Fsp3) is 0.111. The third-order valence-electron chi connectivity index (χ3n) is 1.46. The van der Waals surface area contributed by atoms with Gasteiger partial charge in [0.1, 0.15) is 5.75 Å². The van der Waals surface area contributed by atoms with Crippen LogP contribution in [0.15, 0.2) is 24.3 Å². The second-order valence-corrected chi connectivity index (χ2v) is 2.73. The van der Waals surface area contributed by atoms with Gasteiger partial charge in [-0.1, -0.05) is 0 Å². The highest BCUT2D eigenvalue weighted by Gasteiger charge is 2.04. The topological polar surface area (TPSA) is 55.4 Å². The molecule has 0 saturated heterocycles. The number of carbonyl (C=O) groups excluding carboxylic acids is 2. The maximum atomic E-state index is 11.0. The van der Waals surface area contributed by atoms with E-state index in [0.717, 1.165) is 0 Å². The number of carbonyl (C=O) groups is 2. The summed E-state index contributed by atoms with van der Waals surface area (Å²) in [4.78, 5) is 23.5. The first-order chi connectivity index (χ1) is 6.63. The minimum Gasteiger partial charge on any atom is -0.427 e. The van der Waals surface area contributed by atoms with E-state index >= 15 is 0 Å². The van der Waals surface area contributed by atoms with Gasteiger partial charge < -0.3 is 4.74 Å². The van der Waals surface area contributed by atoms with E-state index < -0.39 is 11.9 Å². The zero-order valence-corrected chi connectivity index (χ0v) is 8.17. The van der Waals surface area contributed by atoms with Crippen molar-refractivity contribution in [1.82, 2.24) is 4.84 Å². The third-order valence-corrected chi connectivity index (χ3v) is 1.64. The van der Waals surface area contributed by atoms with Crippen LogP contribution in [0.25, 0.3) is 0 Å². The van der Waals surface area contributed by atoms with Crippen LogP contribution in [0.5, 0.6) is 5.75 Å². The van der Waals surface area contributed by atoms with E-state index in [4.69, 9.17) is 16.5 Å². The molecule has 14 heavy (non-hydrogen) atoms. The van der Waals surface area contributed by atoms with Gasteiger partial charge in [0.05, 0.1) is 0 Å². The van der Waals surface area contributed by atoms with Gasteiger partial charge in [-0.15, -0.1) is 0 Å². The quantitative estimate of drug-likeness (QED) is 0.460. The summed E-state index contributed by atoms with van der Waals surface area (Å²) in [5.74, 6) is -0.413. The Bertz CT molecular complexity index is 348. The van der Waals surface area contributed by atoms with Crippen molar-refractivity contribution in [1.29, 1.82) is 0 Å². The van der Waals surface area contributed by atoms with E-state index in [9.17, 15) is 9.59 Å². The molecule has 0 unspecified atom stereocenters. The molecule has 0 radical (unpaired) electrons. The molecule has 0 aromatic heterocycles. The van der Waals surface area contributed by atoms with Crippen molar-refractivity contribution in [2.75, 3.05) is 0 Å². The molecular weight excluding hydrogens is 206 g/mol. The summed E-state index contributed by atoms with van der Waals surface area (Å²) in [7, 11) is 0. The largest absolute Gasteiger partial charge is 0.427 e. The molecule has 0 aliphatic carbocycles. The van der Waals surface area contributed by atoms with Crippen LogP contribution in [-0.4, -0.2) is 11.9 Å². The summed E-state index contributed by atoms with van der Waals surface area (Å²) < 4.78 is 4.78. The summed E-state index contributed by atoms with van der Waals surface area (Å²) in [5.41, 5.74) is 0.399. The van der Waals surface area contributed by atoms with Crippen LogP contribution in [0.4, 0.5) is 0 Å². The Hall–Kier alpha value is -1.55. The Kier molecular flexibility index (Phi) is 3.48. The van der Waals surface area contributed by atoms with Crippen molar-refractivity contribution in [2.45, 2.75) is 6.92 Å². The van der Waals surface area contributed by atoms with E-state index in [0.29, 0.717) is 11.3 Å². The van der Waals surface area contributed by atoms with Crippen LogP contribution < -0.4 is 9.57 Å². The number of ether oxygens (including phenoxy) is 1. The molecule has 1 rings (SSSR count). The van der Waals surface area contributed by atoms with E-state index in [1.54, 1.807) is 0 Å². The lowest BCUT2D eigenvalue weighted by Gasteiger charge is -2.01. The number of rotatable bonds is 2. The van der Waals surface area contributed by atoms with Crippen molar-refractivity contribution < 1.29 is 14.3 Å². The van der Waals surface area contributed by atoms with Crippen LogP contribution in [0.3, 0.4) is 0 Å². The van der Waals surface area contributed by atoms with Crippen molar-refractivity contribution in [2.24, 2.45) is 0 Å². The first kappa shape index (κ1) is 10.5. The van der Waals surface area contributed by atoms with Gasteiger partial charge in [0, 0.05) is 24.3 Å². The Morgan fingerprint density at radius 2 is 1.86 bits per heavy atom. The summed E-state index contributed by atoms with van der Waals surface area (Å²) in [5, 5.41) is 0. The molecule has 0 saturated carbocycles. The Morgan fingerprint density at radius 1 is 1.29 bits per heavy atom. The predicted octanol–water partition coefficient (Wildman–Crippen LogP) is 1.50. The number of esters is 1. The molecule has 1 N–H and O–H groups in total. The second-order valence-electron chi connectivity index (χ2n) is 2.54. The summed E-state index contributed by atoms with van der Waals surface area (Å²) in [6, 6.07) is 6.05. The Balaban J connectivity index is 2.78. The predicted molar refractivity (Wildman–Crippen MR) is 51.1 cm³/mol. The normalized spacial score (nSPS) is 9.29. The molecule has 0 spiro atoms. The number of amides is 1. The summed E-state index contributed by atoms with van der Waals surface area (Å²) >= 11 is 5.13. The zero-order chi connectivity index (χ0) is 10.6. The fourth-order valence-corrected chi connectivity index (χ4v) is 1.00. The van der Waals surface area contributed by atoms with Gasteiger partial charge in [0.2, 0.25) is 0 Å². The van der Waals surface area contributed by atoms with Crippen LogP contribution in [-0.2, 0) is 4.79 Å². The minimum absolute atomic E-state index is 0.392. The van der Waals surface area contributed by atoms with Crippen molar-refractivity contribution in [3.8, 4) is 5.75 Å². The molecule has 1 amide bonds. The smallest absolute Gasteiger partial charge is 0.308 e. The first-order valence-electron chi connectivity index (χ1n) is 3.83. The van der Waals surface area contributed by atoms with Gasteiger partial charge in [0.15, 0.2) is 0 Å². The number of halogens is 1. The molecule has 74 valence electrons. The minimum atomic E-state index is -0.403. The first-order valence-corrected chi connectivity index (χ1v) is 4.20. The number of hydrogen-bond acceptors (Lipinski definition) is 3. The highest BCUT2D eigenvalue weighted by Crippen LogP contribution is 2.12. The van der Waals surface area contributed by atoms with Gasteiger partial charge in [0.25, 0.3) is 5.91 Å². The molecule has 1 aromatic carbocycles. The fourth-order valence-electron chi connectivity index (χ4n) is 0.895. The monoisotopic (exact) mass is 213 g/mol. The van der Waals surface area contributed by atoms with Crippen molar-refractivity contribution in [3.05, 3.63) is 29.8 Å². The van der Waals surface area contributed by atoms with Gasteiger partial charge in [-0.2, -0.15) is 0 Å². The molecule has 0 bridgehead atoms. The zero-order valence-electron chi connectivity index (χ0n) is 7.41. The van der Waals surface area contributed by atoms with Crippen molar-refractivity contribution in [3.63, 3.8) is 0 Å². The van der Waals surface area contributed by atoms with Gasteiger partial charge in [-0.05, 0) is 24.3 Å². The number of nitrogens with one attached hydrogen (secondary N) is 1. The lowest BCUT2D eigenvalue weighted by atomic mass is 10.2. The highest BCUT2D eigenvalue weighted by molar-refractivity contribution is 6.24. The Labute approximate surface area is 85.9 Å². The second kappa shape index (κ2) is 4.62. The summed E-state index contributed by atoms with van der Waals surface area (Å²) in [6.45, 7) is 1.30. The number of benzene rings is 1. The van der Waals surface area contributed by atoms with Gasteiger partial charge in [-0.25, -0.2) is 0 Å². The molecule has 4 nitrogen and oxygen atoms in total. The highest BCUT2D eigenvalue weighted by atomic mass is 35.5. The maximum absolute atomic E-state index is 11.0. The molecule has 1 aromatic rings. The Morgan fingerprint density at radius 3 is 2.29 bits per heavy atom. The maximum Gasteiger partial charge on any atom is 0.308 e. The van der Waals surface area contributed by atoms with Gasteiger partial charge in [-0.3, -0.25) is 14.4 Å². The average molecular weight is 214 g/mol. The van der Waals surface area contributed by atoms with Crippen LogP contribution in [0, 0.1) is 0 Å². The van der Waals surface area contributed by atoms with E-state index in [2.05, 4.69) is 0 Å². The SMILES string of the molecule is CC(=O)Oc1ccc(C(=O)NCl)cc1.